The lowest BCUT2D eigenvalue weighted by Gasteiger charge is -2.03. The van der Waals surface area contributed by atoms with Crippen LogP contribution in [0.1, 0.15) is 15.9 Å². The van der Waals surface area contributed by atoms with E-state index in [1.54, 1.807) is 30.3 Å². The Bertz CT molecular complexity index is 1440. The molecule has 0 saturated heterocycles. The number of aromatic carboxylic acids is 1. The lowest BCUT2D eigenvalue weighted by Crippen LogP contribution is -1.95. The molecule has 0 radical (unpaired) electrons. The Hall–Kier alpha value is -5.07. The van der Waals surface area contributed by atoms with E-state index in [9.17, 15) is 15.0 Å². The van der Waals surface area contributed by atoms with Gasteiger partial charge in [-0.15, -0.1) is 10.2 Å². The van der Waals surface area contributed by atoms with Crippen LogP contribution in [0.25, 0.3) is 11.4 Å². The van der Waals surface area contributed by atoms with E-state index >= 15 is 0 Å². The summed E-state index contributed by atoms with van der Waals surface area (Å²) in [5.41, 5.74) is 2.94. The molecule has 4 N–H and O–H groups in total. The van der Waals surface area contributed by atoms with E-state index in [1.807, 2.05) is 0 Å². The molecule has 0 bridgehead atoms. The number of rotatable bonds is 8. The van der Waals surface area contributed by atoms with Gasteiger partial charge in [0, 0.05) is 5.56 Å². The summed E-state index contributed by atoms with van der Waals surface area (Å²) < 4.78 is 0. The van der Waals surface area contributed by atoms with Crippen molar-refractivity contribution in [3.05, 3.63) is 84.2 Å². The Morgan fingerprint density at radius 3 is 1.72 bits per heavy atom. The van der Waals surface area contributed by atoms with Crippen LogP contribution in [0, 0.1) is 0 Å². The molecule has 0 unspecified atom stereocenters. The highest BCUT2D eigenvalue weighted by Crippen LogP contribution is 2.27. The number of nitrogens with zero attached hydrogens (tertiary/aromatic N) is 6. The number of carboxylic acids is 1. The van der Waals surface area contributed by atoms with E-state index in [1.165, 1.54) is 42.7 Å². The Labute approximate surface area is 203 Å². The molecule has 2 aromatic heterocycles. The molecule has 0 atom stereocenters. The van der Waals surface area contributed by atoms with Gasteiger partial charge in [0.2, 0.25) is 0 Å². The maximum atomic E-state index is 11.1. The topological polar surface area (TPSA) is 182 Å². The minimum Gasteiger partial charge on any atom is -0.508 e. The number of aromatic nitrogens is 2. The van der Waals surface area contributed by atoms with Crippen molar-refractivity contribution in [1.29, 1.82) is 0 Å². The van der Waals surface area contributed by atoms with Crippen molar-refractivity contribution < 1.29 is 30.3 Å². The number of benzene rings is 2. The molecule has 4 rings (SSSR count). The highest BCUT2D eigenvalue weighted by atomic mass is 17.1. The maximum absolute atomic E-state index is 11.1. The zero-order valence-electron chi connectivity index (χ0n) is 18.4. The molecule has 0 saturated carbocycles. The fourth-order valence-corrected chi connectivity index (χ4v) is 3.00. The van der Waals surface area contributed by atoms with Crippen molar-refractivity contribution in [3.63, 3.8) is 0 Å². The molecule has 2 aromatic carbocycles. The second-order valence-electron chi connectivity index (χ2n) is 7.30. The first kappa shape index (κ1) is 24.1. The van der Waals surface area contributed by atoms with Crippen LogP contribution >= 0.6 is 0 Å². The smallest absolute Gasteiger partial charge is 0.339 e. The number of carboxylic acid groups (broad SMARTS) is 1. The van der Waals surface area contributed by atoms with Crippen molar-refractivity contribution in [1.82, 2.24) is 9.97 Å². The van der Waals surface area contributed by atoms with E-state index < -0.39 is 5.97 Å². The average molecular weight is 486 g/mol. The number of phenolic OH excluding ortho intramolecular Hbond substituents is 1. The second-order valence-corrected chi connectivity index (χ2v) is 7.30. The molecule has 0 aliphatic carbocycles. The Morgan fingerprint density at radius 1 is 0.722 bits per heavy atom. The van der Waals surface area contributed by atoms with Gasteiger partial charge in [0.25, 0.3) is 0 Å². The van der Waals surface area contributed by atoms with Gasteiger partial charge in [-0.05, 0) is 60.7 Å². The number of hydrogen-bond donors (Lipinski definition) is 4. The molecule has 36 heavy (non-hydrogen) atoms. The number of carbonyl (C=O) groups is 1. The van der Waals surface area contributed by atoms with E-state index in [0.717, 1.165) is 0 Å². The number of phenols is 2. The highest BCUT2D eigenvalue weighted by molar-refractivity contribution is 5.91. The fourth-order valence-electron chi connectivity index (χ4n) is 3.00. The van der Waals surface area contributed by atoms with Crippen LogP contribution in [0.2, 0.25) is 0 Å². The molecular formula is C24H18N6O6. The van der Waals surface area contributed by atoms with Crippen LogP contribution in [-0.4, -0.2) is 36.5 Å². The fraction of sp³-hybridized carbons (Fsp3) is 0.0417. The summed E-state index contributed by atoms with van der Waals surface area (Å²) in [6.07, 6.45) is 3.02. The molecule has 12 nitrogen and oxygen atoms in total. The molecule has 0 amide bonds. The third-order valence-corrected chi connectivity index (χ3v) is 4.81. The number of hydrogen-bond acceptors (Lipinski definition) is 11. The molecule has 12 heteroatoms. The summed E-state index contributed by atoms with van der Waals surface area (Å²) in [5, 5.41) is 53.1. The molecule has 0 fully saturated rings. The van der Waals surface area contributed by atoms with E-state index in [0.29, 0.717) is 34.0 Å². The zero-order chi connectivity index (χ0) is 25.5. The number of aromatic hydroxyl groups is 2. The summed E-state index contributed by atoms with van der Waals surface area (Å²) >= 11 is 0. The van der Waals surface area contributed by atoms with Gasteiger partial charge >= 0.3 is 5.97 Å². The molecule has 2 heterocycles. The first-order valence-corrected chi connectivity index (χ1v) is 10.3. The second kappa shape index (κ2) is 10.9. The molecule has 0 aliphatic heterocycles. The largest absolute Gasteiger partial charge is 0.508 e. The van der Waals surface area contributed by atoms with Gasteiger partial charge in [-0.1, -0.05) is 0 Å². The molecule has 180 valence electrons. The standard InChI is InChI=1S/C24H18N6O6/c31-22-7-3-15(9-14(22)13-36-35)27-29-17-1-5-20(25-11-17)21-6-2-18(12-26-21)30-28-16-4-8-23(32)19(10-16)24(33)34/h1-12,31-32,35H,13H2,(H,33,34). The monoisotopic (exact) mass is 486 g/mol. The first-order valence-electron chi connectivity index (χ1n) is 10.3. The Kier molecular flexibility index (Phi) is 7.29. The highest BCUT2D eigenvalue weighted by Gasteiger charge is 2.10. The van der Waals surface area contributed by atoms with Crippen LogP contribution in [-0.2, 0) is 11.5 Å². The quantitative estimate of drug-likeness (QED) is 0.131. The van der Waals surface area contributed by atoms with E-state index in [-0.39, 0.29) is 29.4 Å². The van der Waals surface area contributed by atoms with E-state index in [2.05, 4.69) is 35.3 Å². The van der Waals surface area contributed by atoms with E-state index in [4.69, 9.17) is 10.4 Å². The summed E-state index contributed by atoms with van der Waals surface area (Å²) in [6, 6.07) is 15.3. The van der Waals surface area contributed by atoms with Crippen LogP contribution in [0.5, 0.6) is 11.5 Å². The predicted molar refractivity (Wildman–Crippen MR) is 126 cm³/mol. The minimum atomic E-state index is -1.27. The minimum absolute atomic E-state index is 0.0262. The first-order chi connectivity index (χ1) is 17.4. The van der Waals surface area contributed by atoms with Crippen molar-refractivity contribution in [2.75, 3.05) is 0 Å². The molecule has 4 aromatic rings. The summed E-state index contributed by atoms with van der Waals surface area (Å²) in [5.74, 6) is -1.64. The van der Waals surface area contributed by atoms with Gasteiger partial charge < -0.3 is 15.3 Å². The van der Waals surface area contributed by atoms with Crippen LogP contribution < -0.4 is 0 Å². The van der Waals surface area contributed by atoms with Crippen LogP contribution in [0.3, 0.4) is 0 Å². The lowest BCUT2D eigenvalue weighted by atomic mass is 10.2. The Morgan fingerprint density at radius 2 is 1.22 bits per heavy atom. The van der Waals surface area contributed by atoms with Gasteiger partial charge in [0.1, 0.15) is 35.0 Å². The Balaban J connectivity index is 1.43. The van der Waals surface area contributed by atoms with Gasteiger partial charge in [0.15, 0.2) is 0 Å². The van der Waals surface area contributed by atoms with Gasteiger partial charge in [0.05, 0.1) is 35.2 Å². The van der Waals surface area contributed by atoms with Gasteiger partial charge in [-0.2, -0.15) is 10.2 Å². The van der Waals surface area contributed by atoms with Crippen LogP contribution in [0.15, 0.2) is 93.5 Å². The predicted octanol–water partition coefficient (Wildman–Crippen LogP) is 6.07. The van der Waals surface area contributed by atoms with Crippen molar-refractivity contribution in [2.45, 2.75) is 6.61 Å². The van der Waals surface area contributed by atoms with Crippen molar-refractivity contribution >= 4 is 28.7 Å². The summed E-state index contributed by atoms with van der Waals surface area (Å²) in [6.45, 7) is -0.179. The van der Waals surface area contributed by atoms with Crippen molar-refractivity contribution in [3.8, 4) is 22.9 Å². The SMILES string of the molecule is O=C(O)c1cc(N=Nc2ccc(-c3ccc(N=Nc4ccc(O)c(COO)c4)cn3)nc2)ccc1O. The molecular weight excluding hydrogens is 468 g/mol. The third-order valence-electron chi connectivity index (χ3n) is 4.81. The third kappa shape index (κ3) is 5.88. The normalized spacial score (nSPS) is 11.4. The molecule has 0 spiro atoms. The van der Waals surface area contributed by atoms with Crippen LogP contribution in [0.4, 0.5) is 22.7 Å². The van der Waals surface area contributed by atoms with Gasteiger partial charge in [-0.25, -0.2) is 9.68 Å². The van der Waals surface area contributed by atoms with Crippen molar-refractivity contribution in [2.24, 2.45) is 20.5 Å². The van der Waals surface area contributed by atoms with Gasteiger partial charge in [-0.3, -0.25) is 15.2 Å². The number of pyridine rings is 2. The summed E-state index contributed by atoms with van der Waals surface area (Å²) in [7, 11) is 0. The molecule has 0 aliphatic rings. The average Bonchev–Trinajstić information content (AvgIpc) is 2.89. The summed E-state index contributed by atoms with van der Waals surface area (Å²) in [4.78, 5) is 23.8. The maximum Gasteiger partial charge on any atom is 0.339 e. The number of azo groups is 2. The lowest BCUT2D eigenvalue weighted by molar-refractivity contribution is -0.253. The zero-order valence-corrected chi connectivity index (χ0v) is 18.4.